The Balaban J connectivity index is 2.16. The van der Waals surface area contributed by atoms with Crippen molar-refractivity contribution in [2.75, 3.05) is 24.2 Å². The first-order chi connectivity index (χ1) is 15.0. The number of hydrogen-bond donors (Lipinski definition) is 1. The van der Waals surface area contributed by atoms with Gasteiger partial charge in [-0.15, -0.1) is 0 Å². The summed E-state index contributed by atoms with van der Waals surface area (Å²) in [5.74, 6) is -0.443. The second-order valence-corrected chi connectivity index (χ2v) is 9.93. The van der Waals surface area contributed by atoms with Crippen molar-refractivity contribution in [3.8, 4) is 0 Å². The van der Waals surface area contributed by atoms with Crippen LogP contribution in [0.2, 0.25) is 0 Å². The molecule has 8 heteroatoms. The molecule has 0 saturated heterocycles. The van der Waals surface area contributed by atoms with E-state index in [4.69, 9.17) is 0 Å². The third-order valence-electron chi connectivity index (χ3n) is 5.39. The number of sulfonamides is 1. The standard InChI is InChI=1S/C24H33N3O4S/c1-18-13-14-19(2)22(16-18)27(32(5,30)31)15-9-12-23(28)26(20(3)24(29)25-4)17-21-10-7-6-8-11-21/h6-8,10-11,13-14,16,20H,9,12,15,17H2,1-5H3,(H,25,29)/t20-/m1/s1. The van der Waals surface area contributed by atoms with Crippen LogP contribution < -0.4 is 9.62 Å². The monoisotopic (exact) mass is 459 g/mol. The average molecular weight is 460 g/mol. The Kier molecular flexibility index (Phi) is 8.83. The summed E-state index contributed by atoms with van der Waals surface area (Å²) in [5, 5.41) is 2.59. The van der Waals surface area contributed by atoms with E-state index in [0.717, 1.165) is 16.7 Å². The summed E-state index contributed by atoms with van der Waals surface area (Å²) in [6.45, 7) is 5.96. The van der Waals surface area contributed by atoms with Crippen molar-refractivity contribution >= 4 is 27.5 Å². The highest BCUT2D eigenvalue weighted by atomic mass is 32.2. The number of likely N-dealkylation sites (N-methyl/N-ethyl adjacent to an activating group) is 1. The molecule has 1 N–H and O–H groups in total. The first kappa shape index (κ1) is 25.4. The minimum absolute atomic E-state index is 0.130. The van der Waals surface area contributed by atoms with Crippen LogP contribution in [0.4, 0.5) is 5.69 Å². The number of amides is 2. The van der Waals surface area contributed by atoms with Gasteiger partial charge in [-0.2, -0.15) is 0 Å². The van der Waals surface area contributed by atoms with Gasteiger partial charge in [-0.25, -0.2) is 8.42 Å². The number of nitrogens with one attached hydrogen (secondary N) is 1. The molecule has 2 rings (SSSR count). The van der Waals surface area contributed by atoms with E-state index < -0.39 is 16.1 Å². The molecule has 2 aromatic carbocycles. The molecule has 0 aliphatic rings. The van der Waals surface area contributed by atoms with Gasteiger partial charge in [0.2, 0.25) is 21.8 Å². The van der Waals surface area contributed by atoms with E-state index in [1.54, 1.807) is 6.92 Å². The lowest BCUT2D eigenvalue weighted by atomic mass is 10.1. The molecule has 0 fully saturated rings. The maximum Gasteiger partial charge on any atom is 0.242 e. The summed E-state index contributed by atoms with van der Waals surface area (Å²) < 4.78 is 26.3. The highest BCUT2D eigenvalue weighted by molar-refractivity contribution is 7.92. The van der Waals surface area contributed by atoms with Crippen LogP contribution in [0.3, 0.4) is 0 Å². The lowest BCUT2D eigenvalue weighted by molar-refractivity contribution is -0.140. The number of carbonyl (C=O) groups is 2. The van der Waals surface area contributed by atoms with E-state index in [1.165, 1.54) is 22.5 Å². The average Bonchev–Trinajstić information content (AvgIpc) is 2.75. The van der Waals surface area contributed by atoms with Crippen molar-refractivity contribution in [3.63, 3.8) is 0 Å². The summed E-state index contributed by atoms with van der Waals surface area (Å²) in [6.07, 6.45) is 1.64. The van der Waals surface area contributed by atoms with Crippen LogP contribution in [0, 0.1) is 13.8 Å². The Hall–Kier alpha value is -2.87. The molecular weight excluding hydrogens is 426 g/mol. The zero-order valence-corrected chi connectivity index (χ0v) is 20.3. The summed E-state index contributed by atoms with van der Waals surface area (Å²) >= 11 is 0. The molecule has 0 heterocycles. The van der Waals surface area contributed by atoms with Gasteiger partial charge < -0.3 is 10.2 Å². The summed E-state index contributed by atoms with van der Waals surface area (Å²) in [4.78, 5) is 26.8. The number of rotatable bonds is 10. The largest absolute Gasteiger partial charge is 0.357 e. The van der Waals surface area contributed by atoms with Crippen molar-refractivity contribution < 1.29 is 18.0 Å². The van der Waals surface area contributed by atoms with Crippen LogP contribution in [0.1, 0.15) is 36.5 Å². The maximum absolute atomic E-state index is 13.1. The van der Waals surface area contributed by atoms with Crippen LogP contribution in [-0.4, -0.2) is 51.0 Å². The molecule has 2 amide bonds. The molecule has 0 aliphatic heterocycles. The Morgan fingerprint density at radius 1 is 1.06 bits per heavy atom. The van der Waals surface area contributed by atoms with E-state index in [0.29, 0.717) is 18.7 Å². The van der Waals surface area contributed by atoms with Crippen LogP contribution in [-0.2, 0) is 26.2 Å². The van der Waals surface area contributed by atoms with Gasteiger partial charge in [-0.05, 0) is 49.9 Å². The first-order valence-electron chi connectivity index (χ1n) is 10.6. The van der Waals surface area contributed by atoms with Gasteiger partial charge in [0, 0.05) is 26.6 Å². The molecule has 174 valence electrons. The van der Waals surface area contributed by atoms with E-state index in [9.17, 15) is 18.0 Å². The zero-order chi connectivity index (χ0) is 23.9. The molecule has 2 aromatic rings. The number of aryl methyl sites for hydroxylation is 2. The Labute approximate surface area is 191 Å². The lowest BCUT2D eigenvalue weighted by Crippen LogP contribution is -2.46. The van der Waals surface area contributed by atoms with Crippen molar-refractivity contribution in [3.05, 3.63) is 65.2 Å². The van der Waals surface area contributed by atoms with E-state index in [1.807, 2.05) is 62.4 Å². The quantitative estimate of drug-likeness (QED) is 0.592. The molecule has 32 heavy (non-hydrogen) atoms. The van der Waals surface area contributed by atoms with E-state index in [2.05, 4.69) is 5.32 Å². The number of hydrogen-bond acceptors (Lipinski definition) is 4. The molecule has 1 atom stereocenters. The van der Waals surface area contributed by atoms with Crippen molar-refractivity contribution in [2.24, 2.45) is 0 Å². The van der Waals surface area contributed by atoms with Gasteiger partial charge in [-0.3, -0.25) is 13.9 Å². The van der Waals surface area contributed by atoms with Crippen LogP contribution in [0.5, 0.6) is 0 Å². The molecule has 7 nitrogen and oxygen atoms in total. The Bertz CT molecular complexity index is 1040. The minimum Gasteiger partial charge on any atom is -0.357 e. The maximum atomic E-state index is 13.1. The summed E-state index contributed by atoms with van der Waals surface area (Å²) in [5.41, 5.74) is 3.36. The molecular formula is C24H33N3O4S. The number of benzene rings is 2. The van der Waals surface area contributed by atoms with Gasteiger partial charge in [0.15, 0.2) is 0 Å². The molecule has 0 aliphatic carbocycles. The second-order valence-electron chi connectivity index (χ2n) is 8.03. The van der Waals surface area contributed by atoms with Crippen LogP contribution >= 0.6 is 0 Å². The second kappa shape index (κ2) is 11.1. The predicted octanol–water partition coefficient (Wildman–Crippen LogP) is 3.01. The van der Waals surface area contributed by atoms with E-state index in [-0.39, 0.29) is 24.8 Å². The number of anilines is 1. The number of carbonyl (C=O) groups excluding carboxylic acids is 2. The SMILES string of the molecule is CNC(=O)[C@@H](C)N(Cc1ccccc1)C(=O)CCCN(c1cc(C)ccc1C)S(C)(=O)=O. The lowest BCUT2D eigenvalue weighted by Gasteiger charge is -2.29. The fourth-order valence-electron chi connectivity index (χ4n) is 3.54. The van der Waals surface area contributed by atoms with Crippen molar-refractivity contribution in [2.45, 2.75) is 46.2 Å². The first-order valence-corrected chi connectivity index (χ1v) is 12.5. The highest BCUT2D eigenvalue weighted by Gasteiger charge is 2.26. The summed E-state index contributed by atoms with van der Waals surface area (Å²) in [7, 11) is -1.97. The van der Waals surface area contributed by atoms with Gasteiger partial charge in [0.1, 0.15) is 6.04 Å². The van der Waals surface area contributed by atoms with Gasteiger partial charge in [-0.1, -0.05) is 42.5 Å². The molecule has 0 aromatic heterocycles. The molecule has 0 saturated carbocycles. The molecule has 0 spiro atoms. The van der Waals surface area contributed by atoms with Gasteiger partial charge in [0.25, 0.3) is 0 Å². The smallest absolute Gasteiger partial charge is 0.242 e. The number of nitrogens with zero attached hydrogens (tertiary/aromatic N) is 2. The van der Waals surface area contributed by atoms with Crippen LogP contribution in [0.15, 0.2) is 48.5 Å². The fraction of sp³-hybridized carbons (Fsp3) is 0.417. The summed E-state index contributed by atoms with van der Waals surface area (Å²) in [6, 6.07) is 14.5. The minimum atomic E-state index is -3.51. The van der Waals surface area contributed by atoms with Gasteiger partial charge in [0.05, 0.1) is 11.9 Å². The highest BCUT2D eigenvalue weighted by Crippen LogP contribution is 2.24. The predicted molar refractivity (Wildman–Crippen MR) is 128 cm³/mol. The molecule has 0 radical (unpaired) electrons. The van der Waals surface area contributed by atoms with Crippen molar-refractivity contribution in [1.29, 1.82) is 0 Å². The van der Waals surface area contributed by atoms with Crippen LogP contribution in [0.25, 0.3) is 0 Å². The molecule has 0 unspecified atom stereocenters. The van der Waals surface area contributed by atoms with E-state index >= 15 is 0 Å². The fourth-order valence-corrected chi connectivity index (χ4v) is 4.56. The topological polar surface area (TPSA) is 86.8 Å². The molecule has 0 bridgehead atoms. The normalized spacial score (nSPS) is 12.2. The van der Waals surface area contributed by atoms with Gasteiger partial charge >= 0.3 is 0 Å². The van der Waals surface area contributed by atoms with Crippen molar-refractivity contribution in [1.82, 2.24) is 10.2 Å². The third-order valence-corrected chi connectivity index (χ3v) is 6.57. The Morgan fingerprint density at radius 3 is 2.31 bits per heavy atom. The zero-order valence-electron chi connectivity index (χ0n) is 19.5. The third kappa shape index (κ3) is 6.82. The Morgan fingerprint density at radius 2 is 1.72 bits per heavy atom.